The van der Waals surface area contributed by atoms with E-state index in [4.69, 9.17) is 19.8 Å². The van der Waals surface area contributed by atoms with Crippen LogP contribution in [0, 0.1) is 11.3 Å². The lowest BCUT2D eigenvalue weighted by Gasteiger charge is -2.20. The number of halogens is 1. The number of aromatic nitrogens is 5. The van der Waals surface area contributed by atoms with E-state index in [0.29, 0.717) is 12.1 Å². The molecule has 0 bridgehead atoms. The van der Waals surface area contributed by atoms with Crippen molar-refractivity contribution >= 4 is 35.2 Å². The van der Waals surface area contributed by atoms with Crippen LogP contribution in [-0.2, 0) is 30.7 Å². The summed E-state index contributed by atoms with van der Waals surface area (Å²) in [6.45, 7) is 13.0. The molecule has 0 aromatic carbocycles. The molecule has 6 nitrogen and oxygen atoms in total. The summed E-state index contributed by atoms with van der Waals surface area (Å²) < 4.78 is 9.20. The van der Waals surface area contributed by atoms with Gasteiger partial charge in [-0.05, 0) is 65.1 Å². The third-order valence-corrected chi connectivity index (χ3v) is 9.38. The van der Waals surface area contributed by atoms with Gasteiger partial charge >= 0.3 is 0 Å². The lowest BCUT2D eigenvalue weighted by Crippen LogP contribution is -2.23. The Bertz CT molecular complexity index is 1150. The summed E-state index contributed by atoms with van der Waals surface area (Å²) in [7, 11) is -1.10. The normalized spacial score (nSPS) is 22.6. The molecule has 0 saturated heterocycles. The van der Waals surface area contributed by atoms with Crippen molar-refractivity contribution in [2.75, 3.05) is 6.61 Å². The van der Waals surface area contributed by atoms with Gasteiger partial charge in [0.2, 0.25) is 0 Å². The standard InChI is InChI=1S/C23H32BrN5OSi/c1-6-17-16(24)10-18-21(25-17)27-22(26-18)20-15-9-14-11-23(14,2)12-19(15)29(28-20)13-30-7-8-31(3,4)5/h10,14H,6-9,11-13H2,1-5H3,(H,25,26,27)/t14-,23-/m1/s1. The predicted molar refractivity (Wildman–Crippen MR) is 130 cm³/mol. The second kappa shape index (κ2) is 7.52. The van der Waals surface area contributed by atoms with Gasteiger partial charge in [-0.3, -0.25) is 0 Å². The van der Waals surface area contributed by atoms with Crippen LogP contribution < -0.4 is 0 Å². The summed E-state index contributed by atoms with van der Waals surface area (Å²) in [5, 5.41) is 5.01. The average molecular weight is 503 g/mol. The molecule has 3 aromatic heterocycles. The minimum Gasteiger partial charge on any atom is -0.360 e. The molecule has 1 N–H and O–H groups in total. The van der Waals surface area contributed by atoms with Crippen molar-refractivity contribution in [1.29, 1.82) is 0 Å². The third-order valence-electron chi connectivity index (χ3n) is 6.99. The number of ether oxygens (including phenoxy) is 1. The maximum Gasteiger partial charge on any atom is 0.160 e. The van der Waals surface area contributed by atoms with E-state index in [9.17, 15) is 0 Å². The van der Waals surface area contributed by atoms with E-state index in [-0.39, 0.29) is 0 Å². The first-order chi connectivity index (χ1) is 14.7. The molecule has 0 unspecified atom stereocenters. The number of aromatic amines is 1. The van der Waals surface area contributed by atoms with Crippen molar-refractivity contribution in [3.8, 4) is 11.5 Å². The van der Waals surface area contributed by atoms with Crippen LogP contribution in [0.3, 0.4) is 0 Å². The number of hydrogen-bond donors (Lipinski definition) is 1. The molecule has 0 aliphatic heterocycles. The number of nitrogens with one attached hydrogen (secondary N) is 1. The van der Waals surface area contributed by atoms with Gasteiger partial charge in [-0.2, -0.15) is 5.10 Å². The highest BCUT2D eigenvalue weighted by Gasteiger charge is 2.54. The zero-order valence-corrected chi connectivity index (χ0v) is 21.8. The molecule has 0 radical (unpaired) electrons. The molecule has 1 fully saturated rings. The second-order valence-electron chi connectivity index (χ2n) is 10.8. The van der Waals surface area contributed by atoms with Gasteiger partial charge in [-0.15, -0.1) is 0 Å². The van der Waals surface area contributed by atoms with Crippen LogP contribution in [0.25, 0.3) is 22.7 Å². The van der Waals surface area contributed by atoms with Crippen LogP contribution in [0.5, 0.6) is 0 Å². The lowest BCUT2D eigenvalue weighted by molar-refractivity contribution is 0.0757. The molecule has 0 spiro atoms. The summed E-state index contributed by atoms with van der Waals surface area (Å²) in [6, 6.07) is 3.23. The lowest BCUT2D eigenvalue weighted by atomic mass is 9.87. The third kappa shape index (κ3) is 4.02. The Kier molecular flexibility index (Phi) is 5.18. The molecule has 8 heteroatoms. The predicted octanol–water partition coefficient (Wildman–Crippen LogP) is 5.58. The molecule has 2 atom stereocenters. The van der Waals surface area contributed by atoms with Gasteiger partial charge in [-0.25, -0.2) is 14.6 Å². The number of nitrogens with zero attached hydrogens (tertiary/aromatic N) is 4. The highest BCUT2D eigenvalue weighted by Crippen LogP contribution is 2.59. The van der Waals surface area contributed by atoms with E-state index < -0.39 is 8.07 Å². The Balaban J connectivity index is 1.48. The topological polar surface area (TPSA) is 68.6 Å². The van der Waals surface area contributed by atoms with E-state index in [0.717, 1.165) is 64.6 Å². The fourth-order valence-corrected chi connectivity index (χ4v) is 6.10. The highest BCUT2D eigenvalue weighted by molar-refractivity contribution is 9.10. The first-order valence-corrected chi connectivity index (χ1v) is 15.9. The molecule has 0 amide bonds. The van der Waals surface area contributed by atoms with E-state index in [2.05, 4.69) is 65.2 Å². The zero-order chi connectivity index (χ0) is 22.0. The number of imidazole rings is 1. The number of hydrogen-bond acceptors (Lipinski definition) is 4. The van der Waals surface area contributed by atoms with E-state index >= 15 is 0 Å². The molecule has 31 heavy (non-hydrogen) atoms. The SMILES string of the molecule is CCc1nc2[nH]c(-c3nn(COCC[Si](C)(C)C)c4c3C[C@@H]3C[C@]3(C)C4)nc2cc1Br. The van der Waals surface area contributed by atoms with Crippen LogP contribution in [0.4, 0.5) is 0 Å². The molecule has 3 aromatic rings. The number of fused-ring (bicyclic) bond motifs is 3. The van der Waals surface area contributed by atoms with Crippen LogP contribution in [0.15, 0.2) is 10.5 Å². The fraction of sp³-hybridized carbons (Fsp3) is 0.609. The van der Waals surface area contributed by atoms with E-state index in [1.807, 2.05) is 0 Å². The summed E-state index contributed by atoms with van der Waals surface area (Å²) >= 11 is 3.63. The summed E-state index contributed by atoms with van der Waals surface area (Å²) in [5.41, 5.74) is 6.85. The number of pyridine rings is 1. The van der Waals surface area contributed by atoms with Gasteiger partial charge in [0.25, 0.3) is 0 Å². The molecule has 3 heterocycles. The van der Waals surface area contributed by atoms with Gasteiger partial charge in [0.05, 0.1) is 5.69 Å². The number of aryl methyl sites for hydroxylation is 1. The van der Waals surface area contributed by atoms with Crippen LogP contribution in [-0.4, -0.2) is 39.4 Å². The van der Waals surface area contributed by atoms with Gasteiger partial charge < -0.3 is 9.72 Å². The molecule has 166 valence electrons. The van der Waals surface area contributed by atoms with E-state index in [1.54, 1.807) is 0 Å². The Morgan fingerprint density at radius 3 is 2.87 bits per heavy atom. The van der Waals surface area contributed by atoms with Crippen LogP contribution in [0.2, 0.25) is 25.7 Å². The van der Waals surface area contributed by atoms with Gasteiger partial charge in [0.1, 0.15) is 17.9 Å². The first kappa shape index (κ1) is 21.3. The van der Waals surface area contributed by atoms with Crippen molar-refractivity contribution < 1.29 is 4.74 Å². The number of rotatable bonds is 7. The Morgan fingerprint density at radius 1 is 1.32 bits per heavy atom. The maximum absolute atomic E-state index is 6.08. The Hall–Kier alpha value is -1.51. The van der Waals surface area contributed by atoms with Gasteiger partial charge in [-0.1, -0.05) is 33.5 Å². The Labute approximate surface area is 193 Å². The summed E-state index contributed by atoms with van der Waals surface area (Å²) in [5.74, 6) is 1.59. The first-order valence-electron chi connectivity index (χ1n) is 11.4. The molecular weight excluding hydrogens is 470 g/mol. The minimum absolute atomic E-state index is 0.441. The average Bonchev–Trinajstić information content (AvgIpc) is 3.01. The van der Waals surface area contributed by atoms with Crippen LogP contribution in [0.1, 0.15) is 37.2 Å². The summed E-state index contributed by atoms with van der Waals surface area (Å²) in [4.78, 5) is 13.1. The smallest absolute Gasteiger partial charge is 0.160 e. The van der Waals surface area contributed by atoms with Crippen molar-refractivity contribution in [2.45, 2.75) is 71.9 Å². The largest absolute Gasteiger partial charge is 0.360 e. The van der Waals surface area contributed by atoms with Crippen molar-refractivity contribution in [3.05, 3.63) is 27.5 Å². The second-order valence-corrected chi connectivity index (χ2v) is 17.3. The van der Waals surface area contributed by atoms with Crippen LogP contribution >= 0.6 is 15.9 Å². The molecule has 2 aliphatic carbocycles. The van der Waals surface area contributed by atoms with Gasteiger partial charge in [0.15, 0.2) is 11.5 Å². The number of H-pyrrole nitrogens is 1. The van der Waals surface area contributed by atoms with Gasteiger partial charge in [0, 0.05) is 30.4 Å². The summed E-state index contributed by atoms with van der Waals surface area (Å²) in [6.07, 6.45) is 4.36. The van der Waals surface area contributed by atoms with E-state index in [1.165, 1.54) is 23.7 Å². The molecule has 1 saturated carbocycles. The molecular formula is C23H32BrN5OSi. The molecule has 5 rings (SSSR count). The maximum atomic E-state index is 6.08. The fourth-order valence-electron chi connectivity index (χ4n) is 4.76. The van der Waals surface area contributed by atoms with Crippen molar-refractivity contribution in [1.82, 2.24) is 24.7 Å². The van der Waals surface area contributed by atoms with Crippen molar-refractivity contribution in [2.24, 2.45) is 11.3 Å². The Morgan fingerprint density at radius 2 is 2.13 bits per heavy atom. The zero-order valence-electron chi connectivity index (χ0n) is 19.2. The quantitative estimate of drug-likeness (QED) is 0.338. The monoisotopic (exact) mass is 501 g/mol. The minimum atomic E-state index is -1.10. The highest BCUT2D eigenvalue weighted by atomic mass is 79.9. The molecule has 2 aliphatic rings. The van der Waals surface area contributed by atoms with Crippen molar-refractivity contribution in [3.63, 3.8) is 0 Å².